The van der Waals surface area contributed by atoms with Crippen molar-refractivity contribution in [2.45, 2.75) is 137 Å². The second kappa shape index (κ2) is 14.6. The predicted octanol–water partition coefficient (Wildman–Crippen LogP) is 8.71. The Morgan fingerprint density at radius 1 is 0.553 bits per heavy atom. The molecular weight excluding hydrogens is 616 g/mol. The van der Waals surface area contributed by atoms with Gasteiger partial charge in [0.2, 0.25) is 5.24 Å². The van der Waals surface area contributed by atoms with Crippen molar-refractivity contribution in [2.24, 2.45) is 5.41 Å². The van der Waals surface area contributed by atoms with Crippen molar-refractivity contribution < 1.29 is 34.1 Å². The molecule has 0 fully saturated rings. The molecule has 0 aromatic heterocycles. The van der Waals surface area contributed by atoms with Crippen molar-refractivity contribution in [1.82, 2.24) is 0 Å². The average Bonchev–Trinajstić information content (AvgIpc) is 2.91. The average molecular weight is 673 g/mol. The van der Waals surface area contributed by atoms with Gasteiger partial charge in [-0.3, -0.25) is 14.4 Å². The molecule has 2 rings (SSSR count). The molecule has 0 aliphatic heterocycles. The molecule has 7 nitrogen and oxygen atoms in total. The highest BCUT2D eigenvalue weighted by Gasteiger charge is 2.36. The molecule has 0 saturated heterocycles. The number of halogens is 1. The minimum absolute atomic E-state index is 0.0595. The standard InChI is InChI=1S/C39H57ClO7/c1-35(2,3)26-18-24(19-27(32(26)43)36(4,5)6)14-16-30(41)46-22-39(13,34(40)45)23-47-31(42)17-15-25-20-28(37(7,8)9)33(44)29(21-25)38(10,11)12/h18-21,43-44H,14-17,22-23H2,1-13H3. The first-order valence-electron chi connectivity index (χ1n) is 16.4. The van der Waals surface area contributed by atoms with E-state index < -0.39 is 22.6 Å². The number of hydrogen-bond acceptors (Lipinski definition) is 7. The summed E-state index contributed by atoms with van der Waals surface area (Å²) in [6, 6.07) is 7.71. The Labute approximate surface area is 287 Å². The van der Waals surface area contributed by atoms with E-state index in [1.807, 2.05) is 107 Å². The van der Waals surface area contributed by atoms with Crippen LogP contribution in [0, 0.1) is 5.41 Å². The number of benzene rings is 2. The number of aryl methyl sites for hydroxylation is 2. The van der Waals surface area contributed by atoms with Gasteiger partial charge in [-0.2, -0.15) is 0 Å². The second-order valence-electron chi connectivity index (χ2n) is 17.2. The number of rotatable bonds is 11. The van der Waals surface area contributed by atoms with Crippen LogP contribution >= 0.6 is 11.6 Å². The van der Waals surface area contributed by atoms with Crippen molar-refractivity contribution in [3.63, 3.8) is 0 Å². The number of esters is 2. The van der Waals surface area contributed by atoms with Gasteiger partial charge in [-0.1, -0.05) is 107 Å². The highest BCUT2D eigenvalue weighted by atomic mass is 35.5. The van der Waals surface area contributed by atoms with Gasteiger partial charge in [-0.25, -0.2) is 0 Å². The van der Waals surface area contributed by atoms with E-state index in [4.69, 9.17) is 21.1 Å². The van der Waals surface area contributed by atoms with E-state index in [9.17, 15) is 24.6 Å². The Morgan fingerprint density at radius 2 is 0.809 bits per heavy atom. The molecule has 0 radical (unpaired) electrons. The van der Waals surface area contributed by atoms with Gasteiger partial charge in [-0.15, -0.1) is 0 Å². The van der Waals surface area contributed by atoms with Crippen molar-refractivity contribution >= 4 is 28.8 Å². The van der Waals surface area contributed by atoms with Crippen LogP contribution in [0.1, 0.15) is 136 Å². The van der Waals surface area contributed by atoms with Gasteiger partial charge < -0.3 is 19.7 Å². The van der Waals surface area contributed by atoms with Gasteiger partial charge in [0.1, 0.15) is 30.1 Å². The molecule has 0 amide bonds. The molecule has 0 unspecified atom stereocenters. The molecule has 0 atom stereocenters. The number of ether oxygens (including phenoxy) is 2. The Bertz CT molecular complexity index is 1290. The molecule has 2 aromatic rings. The second-order valence-corrected chi connectivity index (χ2v) is 17.6. The monoisotopic (exact) mass is 672 g/mol. The summed E-state index contributed by atoms with van der Waals surface area (Å²) in [5.74, 6) is -0.483. The Morgan fingerprint density at radius 3 is 1.02 bits per heavy atom. The summed E-state index contributed by atoms with van der Waals surface area (Å²) in [4.78, 5) is 37.9. The fraction of sp³-hybridized carbons (Fsp3) is 0.615. The van der Waals surface area contributed by atoms with E-state index in [1.54, 1.807) is 0 Å². The SMILES string of the molecule is CC(COC(=O)CCc1cc(C(C)(C)C)c(O)c(C(C)(C)C)c1)(COC(=O)CCc1cc(C(C)(C)C)c(O)c(C(C)(C)C)c1)C(=O)Cl. The van der Waals surface area contributed by atoms with Crippen LogP contribution in [0.3, 0.4) is 0 Å². The number of carbonyl (C=O) groups is 3. The zero-order chi connectivity index (χ0) is 36.3. The molecule has 0 spiro atoms. The zero-order valence-corrected chi connectivity index (χ0v) is 31.6. The van der Waals surface area contributed by atoms with Crippen molar-refractivity contribution in [2.75, 3.05) is 13.2 Å². The van der Waals surface area contributed by atoms with Crippen molar-refractivity contribution in [1.29, 1.82) is 0 Å². The number of phenolic OH excluding ortho intramolecular Hbond substituents is 2. The third kappa shape index (κ3) is 11.0. The molecule has 2 N–H and O–H groups in total. The summed E-state index contributed by atoms with van der Waals surface area (Å²) in [6.45, 7) is 25.2. The summed E-state index contributed by atoms with van der Waals surface area (Å²) >= 11 is 5.90. The molecule has 47 heavy (non-hydrogen) atoms. The normalized spacial score (nSPS) is 13.0. The van der Waals surface area contributed by atoms with Crippen LogP contribution in [0.2, 0.25) is 0 Å². The van der Waals surface area contributed by atoms with Crippen LogP contribution in [0.25, 0.3) is 0 Å². The van der Waals surface area contributed by atoms with Crippen molar-refractivity contribution in [3.8, 4) is 11.5 Å². The van der Waals surface area contributed by atoms with Gasteiger partial charge in [0.05, 0.1) is 0 Å². The van der Waals surface area contributed by atoms with Crippen LogP contribution in [-0.2, 0) is 58.4 Å². The summed E-state index contributed by atoms with van der Waals surface area (Å²) in [5.41, 5.74) is 2.44. The Hall–Kier alpha value is -3.06. The number of phenols is 2. The first-order chi connectivity index (χ1) is 21.2. The quantitative estimate of drug-likeness (QED) is 0.181. The van der Waals surface area contributed by atoms with Gasteiger partial charge in [-0.05, 0) is 86.4 Å². The van der Waals surface area contributed by atoms with Crippen LogP contribution in [0.4, 0.5) is 0 Å². The van der Waals surface area contributed by atoms with Crippen LogP contribution in [0.15, 0.2) is 24.3 Å². The smallest absolute Gasteiger partial charge is 0.306 e. The van der Waals surface area contributed by atoms with Crippen LogP contribution in [-0.4, -0.2) is 40.6 Å². The minimum atomic E-state index is -1.42. The first-order valence-corrected chi connectivity index (χ1v) is 16.8. The van der Waals surface area contributed by atoms with Gasteiger partial charge in [0.25, 0.3) is 0 Å². The third-order valence-corrected chi connectivity index (χ3v) is 8.84. The fourth-order valence-electron chi connectivity index (χ4n) is 5.24. The lowest BCUT2D eigenvalue weighted by Gasteiger charge is -2.28. The highest BCUT2D eigenvalue weighted by molar-refractivity contribution is 6.64. The predicted molar refractivity (Wildman–Crippen MR) is 189 cm³/mol. The van der Waals surface area contributed by atoms with Gasteiger partial charge in [0.15, 0.2) is 0 Å². The highest BCUT2D eigenvalue weighted by Crippen LogP contribution is 2.41. The van der Waals surface area contributed by atoms with E-state index in [0.29, 0.717) is 12.8 Å². The van der Waals surface area contributed by atoms with E-state index in [0.717, 1.165) is 33.4 Å². The molecule has 0 aliphatic rings. The summed E-state index contributed by atoms with van der Waals surface area (Å²) in [7, 11) is 0. The lowest BCUT2D eigenvalue weighted by Crippen LogP contribution is -2.36. The number of hydrogen-bond donors (Lipinski definition) is 2. The molecule has 0 bridgehead atoms. The maximum atomic E-state index is 12.8. The summed E-state index contributed by atoms with van der Waals surface area (Å²) in [6.07, 6.45) is 0.891. The van der Waals surface area contributed by atoms with E-state index >= 15 is 0 Å². The molecule has 8 heteroatoms. The van der Waals surface area contributed by atoms with Gasteiger partial charge in [0, 0.05) is 12.8 Å². The molecule has 0 aliphatic carbocycles. The van der Waals surface area contributed by atoms with Gasteiger partial charge >= 0.3 is 11.9 Å². The molecular formula is C39H57ClO7. The molecule has 0 heterocycles. The minimum Gasteiger partial charge on any atom is -0.507 e. The molecule has 262 valence electrons. The third-order valence-electron chi connectivity index (χ3n) is 8.39. The topological polar surface area (TPSA) is 110 Å². The fourth-order valence-corrected chi connectivity index (χ4v) is 5.34. The maximum absolute atomic E-state index is 12.8. The molecule has 2 aromatic carbocycles. The Kier molecular flexibility index (Phi) is 12.5. The Balaban J connectivity index is 2.06. The summed E-state index contributed by atoms with van der Waals surface area (Å²) < 4.78 is 10.9. The van der Waals surface area contributed by atoms with Crippen LogP contribution in [0.5, 0.6) is 11.5 Å². The van der Waals surface area contributed by atoms with Crippen LogP contribution < -0.4 is 0 Å². The van der Waals surface area contributed by atoms with E-state index in [2.05, 4.69) is 0 Å². The van der Waals surface area contributed by atoms with E-state index in [-0.39, 0.29) is 59.2 Å². The molecule has 0 saturated carbocycles. The number of aromatic hydroxyl groups is 2. The first kappa shape index (κ1) is 40.1. The maximum Gasteiger partial charge on any atom is 0.306 e. The lowest BCUT2D eigenvalue weighted by atomic mass is 9.78. The zero-order valence-electron chi connectivity index (χ0n) is 30.9. The van der Waals surface area contributed by atoms with E-state index in [1.165, 1.54) is 6.92 Å². The van der Waals surface area contributed by atoms with Crippen molar-refractivity contribution in [3.05, 3.63) is 57.6 Å². The lowest BCUT2D eigenvalue weighted by molar-refractivity contribution is -0.155. The largest absolute Gasteiger partial charge is 0.507 e. The summed E-state index contributed by atoms with van der Waals surface area (Å²) in [5, 5.41) is 21.2. The number of carbonyl (C=O) groups excluding carboxylic acids is 3.